The first-order chi connectivity index (χ1) is 19.3. The number of amides is 5. The molecule has 0 bridgehead atoms. The van der Waals surface area contributed by atoms with Gasteiger partial charge in [0.1, 0.15) is 23.9 Å². The predicted octanol–water partition coefficient (Wildman–Crippen LogP) is -1.82. The number of aromatic hydroxyl groups is 1. The summed E-state index contributed by atoms with van der Waals surface area (Å²) < 4.78 is 0. The summed E-state index contributed by atoms with van der Waals surface area (Å²) in [5.41, 5.74) is 17.6. The smallest absolute Gasteiger partial charge is 0.326 e. The van der Waals surface area contributed by atoms with Crippen molar-refractivity contribution in [2.45, 2.75) is 56.3 Å². The van der Waals surface area contributed by atoms with Gasteiger partial charge in [-0.3, -0.25) is 24.0 Å². The van der Waals surface area contributed by atoms with E-state index in [1.807, 2.05) is 0 Å². The van der Waals surface area contributed by atoms with E-state index < -0.39 is 66.1 Å². The summed E-state index contributed by atoms with van der Waals surface area (Å²) in [6, 6.07) is 9.15. The van der Waals surface area contributed by atoms with Crippen molar-refractivity contribution < 1.29 is 39.0 Å². The number of rotatable bonds is 16. The van der Waals surface area contributed by atoms with Gasteiger partial charge in [0, 0.05) is 12.8 Å². The number of phenols is 1. The molecular formula is C27H34N6O8. The van der Waals surface area contributed by atoms with E-state index in [4.69, 9.17) is 17.2 Å². The number of nitrogens with one attached hydrogen (secondary N) is 3. The fourth-order valence-corrected chi connectivity index (χ4v) is 3.82. The Kier molecular flexibility index (Phi) is 12.2. The van der Waals surface area contributed by atoms with Crippen LogP contribution in [0.25, 0.3) is 0 Å². The molecule has 220 valence electrons. The fourth-order valence-electron chi connectivity index (χ4n) is 3.82. The molecule has 4 atom stereocenters. The number of carboxylic acid groups (broad SMARTS) is 1. The Morgan fingerprint density at radius 2 is 1.22 bits per heavy atom. The topological polar surface area (TPSA) is 257 Å². The SMILES string of the molecule is NC(=O)CCC(NC(=O)C(N)Cc1ccccc1)C(=O)NC(Cc1ccc(O)cc1)C(=O)NC(CC(N)=O)C(=O)O. The monoisotopic (exact) mass is 570 g/mol. The molecule has 0 heterocycles. The normalized spacial score (nSPS) is 13.6. The predicted molar refractivity (Wildman–Crippen MR) is 146 cm³/mol. The van der Waals surface area contributed by atoms with Gasteiger partial charge < -0.3 is 43.4 Å². The summed E-state index contributed by atoms with van der Waals surface area (Å²) in [5.74, 6) is -5.80. The van der Waals surface area contributed by atoms with Crippen LogP contribution in [0, 0.1) is 0 Å². The number of benzene rings is 2. The maximum atomic E-state index is 13.3. The second-order valence-electron chi connectivity index (χ2n) is 9.36. The van der Waals surface area contributed by atoms with Gasteiger partial charge >= 0.3 is 5.97 Å². The Bertz CT molecular complexity index is 1240. The van der Waals surface area contributed by atoms with Gasteiger partial charge in [-0.25, -0.2) is 4.79 Å². The zero-order valence-corrected chi connectivity index (χ0v) is 22.1. The molecule has 2 aromatic rings. The quantitative estimate of drug-likeness (QED) is 0.113. The molecule has 2 rings (SSSR count). The second-order valence-corrected chi connectivity index (χ2v) is 9.36. The minimum Gasteiger partial charge on any atom is -0.508 e. The van der Waals surface area contributed by atoms with E-state index in [2.05, 4.69) is 16.0 Å². The molecule has 0 aromatic heterocycles. The van der Waals surface area contributed by atoms with Gasteiger partial charge in [-0.2, -0.15) is 0 Å². The molecule has 0 fully saturated rings. The van der Waals surface area contributed by atoms with E-state index in [0.29, 0.717) is 5.56 Å². The van der Waals surface area contributed by atoms with E-state index in [-0.39, 0.29) is 31.4 Å². The third-order valence-electron chi connectivity index (χ3n) is 5.98. The first-order valence-corrected chi connectivity index (χ1v) is 12.6. The molecule has 2 aromatic carbocycles. The third-order valence-corrected chi connectivity index (χ3v) is 5.98. The molecule has 0 aliphatic rings. The summed E-state index contributed by atoms with van der Waals surface area (Å²) in [6.45, 7) is 0. The van der Waals surface area contributed by atoms with Crippen molar-refractivity contribution in [2.24, 2.45) is 17.2 Å². The molecule has 4 unspecified atom stereocenters. The lowest BCUT2D eigenvalue weighted by Gasteiger charge is -2.25. The summed E-state index contributed by atoms with van der Waals surface area (Å²) in [7, 11) is 0. The van der Waals surface area contributed by atoms with E-state index in [9.17, 15) is 39.0 Å². The van der Waals surface area contributed by atoms with Gasteiger partial charge in [0.05, 0.1) is 12.5 Å². The number of carbonyl (C=O) groups excluding carboxylic acids is 5. The lowest BCUT2D eigenvalue weighted by atomic mass is 10.0. The van der Waals surface area contributed by atoms with Crippen molar-refractivity contribution in [3.05, 3.63) is 65.7 Å². The number of carboxylic acids is 1. The minimum atomic E-state index is -1.67. The average Bonchev–Trinajstić information content (AvgIpc) is 2.91. The zero-order valence-electron chi connectivity index (χ0n) is 22.1. The van der Waals surface area contributed by atoms with Gasteiger partial charge in [0.2, 0.25) is 29.5 Å². The van der Waals surface area contributed by atoms with Gasteiger partial charge in [-0.15, -0.1) is 0 Å². The Hall–Kier alpha value is -4.98. The molecule has 41 heavy (non-hydrogen) atoms. The van der Waals surface area contributed by atoms with Crippen molar-refractivity contribution in [1.29, 1.82) is 0 Å². The Balaban J connectivity index is 2.25. The maximum Gasteiger partial charge on any atom is 0.326 e. The molecule has 0 spiro atoms. The highest BCUT2D eigenvalue weighted by Gasteiger charge is 2.31. The van der Waals surface area contributed by atoms with Crippen molar-refractivity contribution in [1.82, 2.24) is 16.0 Å². The van der Waals surface area contributed by atoms with Crippen LogP contribution in [0.15, 0.2) is 54.6 Å². The van der Waals surface area contributed by atoms with Crippen molar-refractivity contribution >= 4 is 35.5 Å². The Labute approximate surface area is 235 Å². The van der Waals surface area contributed by atoms with E-state index in [1.54, 1.807) is 30.3 Å². The first-order valence-electron chi connectivity index (χ1n) is 12.6. The Morgan fingerprint density at radius 1 is 0.683 bits per heavy atom. The van der Waals surface area contributed by atoms with Crippen LogP contribution in [0.1, 0.15) is 30.4 Å². The van der Waals surface area contributed by atoms with Gasteiger partial charge in [-0.05, 0) is 36.1 Å². The third kappa shape index (κ3) is 11.3. The largest absolute Gasteiger partial charge is 0.508 e. The lowest BCUT2D eigenvalue weighted by Crippen LogP contribution is -2.58. The molecule has 0 aliphatic carbocycles. The summed E-state index contributed by atoms with van der Waals surface area (Å²) in [4.78, 5) is 73.5. The summed E-state index contributed by atoms with van der Waals surface area (Å²) in [6.07, 6.45) is -1.18. The number of hydrogen-bond acceptors (Lipinski definition) is 8. The lowest BCUT2D eigenvalue weighted by molar-refractivity contribution is -0.143. The number of primary amides is 2. The van der Waals surface area contributed by atoms with E-state index >= 15 is 0 Å². The van der Waals surface area contributed by atoms with Crippen molar-refractivity contribution in [3.63, 3.8) is 0 Å². The first kappa shape index (κ1) is 32.2. The van der Waals surface area contributed by atoms with Gasteiger partial charge in [0.25, 0.3) is 0 Å². The van der Waals surface area contributed by atoms with Crippen LogP contribution < -0.4 is 33.2 Å². The minimum absolute atomic E-state index is 0.0488. The van der Waals surface area contributed by atoms with Crippen molar-refractivity contribution in [2.75, 3.05) is 0 Å². The zero-order chi connectivity index (χ0) is 30.5. The van der Waals surface area contributed by atoms with Crippen LogP contribution in [0.2, 0.25) is 0 Å². The molecule has 0 saturated carbocycles. The molecular weight excluding hydrogens is 536 g/mol. The standard InChI is InChI=1S/C27H34N6O8/c28-18(12-15-4-2-1-3-5-15)24(37)31-19(10-11-22(29)35)25(38)32-20(13-16-6-8-17(34)9-7-16)26(39)33-21(27(40)41)14-23(30)36/h1-9,18-21,34H,10-14,28H2,(H2,29,35)(H2,30,36)(H,31,37)(H,32,38)(H,33,39)(H,40,41). The second kappa shape index (κ2) is 15.6. The van der Waals surface area contributed by atoms with Crippen LogP contribution in [0.5, 0.6) is 5.75 Å². The molecule has 0 radical (unpaired) electrons. The number of hydrogen-bond donors (Lipinski definition) is 8. The van der Waals surface area contributed by atoms with Crippen LogP contribution in [0.3, 0.4) is 0 Å². The van der Waals surface area contributed by atoms with Crippen LogP contribution >= 0.6 is 0 Å². The number of nitrogens with two attached hydrogens (primary N) is 3. The molecule has 0 saturated heterocycles. The highest BCUT2D eigenvalue weighted by molar-refractivity contribution is 5.95. The highest BCUT2D eigenvalue weighted by Crippen LogP contribution is 2.12. The molecule has 0 aliphatic heterocycles. The highest BCUT2D eigenvalue weighted by atomic mass is 16.4. The summed E-state index contributed by atoms with van der Waals surface area (Å²) in [5, 5.41) is 26.1. The van der Waals surface area contributed by atoms with Gasteiger partial charge in [0.15, 0.2) is 0 Å². The molecule has 14 nitrogen and oxygen atoms in total. The Morgan fingerprint density at radius 3 is 1.78 bits per heavy atom. The van der Waals surface area contributed by atoms with Crippen LogP contribution in [0.4, 0.5) is 0 Å². The van der Waals surface area contributed by atoms with Crippen LogP contribution in [-0.2, 0) is 41.6 Å². The van der Waals surface area contributed by atoms with Gasteiger partial charge in [-0.1, -0.05) is 42.5 Å². The maximum absolute atomic E-state index is 13.3. The van der Waals surface area contributed by atoms with E-state index in [1.165, 1.54) is 24.3 Å². The van der Waals surface area contributed by atoms with E-state index in [0.717, 1.165) is 5.56 Å². The fraction of sp³-hybridized carbons (Fsp3) is 0.333. The van der Waals surface area contributed by atoms with Crippen LogP contribution in [-0.4, -0.2) is 69.9 Å². The number of phenolic OH excluding ortho intramolecular Hbond substituents is 1. The number of carbonyl (C=O) groups is 6. The molecule has 5 amide bonds. The number of aliphatic carboxylic acids is 1. The summed E-state index contributed by atoms with van der Waals surface area (Å²) >= 11 is 0. The molecule has 11 N–H and O–H groups in total. The molecule has 14 heteroatoms. The van der Waals surface area contributed by atoms with Crippen molar-refractivity contribution in [3.8, 4) is 5.75 Å². The average molecular weight is 571 g/mol.